The molecule has 180 valence electrons. The lowest BCUT2D eigenvalue weighted by Crippen LogP contribution is -2.30. The highest BCUT2D eigenvalue weighted by molar-refractivity contribution is 6.21. The van der Waals surface area contributed by atoms with Gasteiger partial charge in [0.25, 0.3) is 11.8 Å². The Kier molecular flexibility index (Phi) is 7.87. The molecular weight excluding hydrogens is 456 g/mol. The molecule has 0 saturated carbocycles. The smallest absolute Gasteiger partial charge is 0.261 e. The predicted molar refractivity (Wildman–Crippen MR) is 135 cm³/mol. The first-order valence-electron chi connectivity index (χ1n) is 11.5. The van der Waals surface area contributed by atoms with Crippen LogP contribution in [0.15, 0.2) is 54.7 Å². The number of anilines is 3. The van der Waals surface area contributed by atoms with Crippen LogP contribution in [0.1, 0.15) is 51.1 Å². The number of carbonyl (C=O) groups is 2. The molecule has 9 nitrogen and oxygen atoms in total. The molecule has 2 amide bonds. The van der Waals surface area contributed by atoms with Crippen LogP contribution in [-0.4, -0.2) is 51.5 Å². The highest BCUT2D eigenvalue weighted by atomic mass is 16.3. The van der Waals surface area contributed by atoms with Gasteiger partial charge in [-0.15, -0.1) is 0 Å². The maximum Gasteiger partial charge on any atom is 0.261 e. The minimum Gasteiger partial charge on any atom is -0.396 e. The number of hydrogen-bond acceptors (Lipinski definition) is 8. The Morgan fingerprint density at radius 3 is 2.39 bits per heavy atom. The second-order valence-corrected chi connectivity index (χ2v) is 7.99. The number of aromatic nitrogens is 2. The summed E-state index contributed by atoms with van der Waals surface area (Å²) in [5, 5.41) is 24.3. The van der Waals surface area contributed by atoms with Crippen LogP contribution < -0.4 is 10.6 Å². The third-order valence-corrected chi connectivity index (χ3v) is 5.47. The number of nitrogens with one attached hydrogen (secondary N) is 2. The van der Waals surface area contributed by atoms with Gasteiger partial charge < -0.3 is 15.7 Å². The van der Waals surface area contributed by atoms with E-state index in [1.807, 2.05) is 0 Å². The summed E-state index contributed by atoms with van der Waals surface area (Å²) >= 11 is 0. The van der Waals surface area contributed by atoms with E-state index in [0.717, 1.165) is 5.69 Å². The topological polar surface area (TPSA) is 131 Å². The monoisotopic (exact) mass is 480 g/mol. The molecule has 0 unspecified atom stereocenters. The van der Waals surface area contributed by atoms with Gasteiger partial charge >= 0.3 is 0 Å². The molecule has 1 aliphatic rings. The summed E-state index contributed by atoms with van der Waals surface area (Å²) in [6, 6.07) is 15.8. The van der Waals surface area contributed by atoms with Crippen molar-refractivity contribution >= 4 is 29.3 Å². The molecule has 2 aromatic carbocycles. The molecule has 3 N–H and O–H groups in total. The van der Waals surface area contributed by atoms with Crippen molar-refractivity contribution in [2.24, 2.45) is 0 Å². The Hall–Kier alpha value is -4.73. The van der Waals surface area contributed by atoms with Crippen molar-refractivity contribution < 1.29 is 14.7 Å². The van der Waals surface area contributed by atoms with Crippen LogP contribution in [-0.2, 0) is 0 Å². The summed E-state index contributed by atoms with van der Waals surface area (Å²) in [6.07, 6.45) is 3.19. The van der Waals surface area contributed by atoms with Crippen LogP contribution in [0.3, 0.4) is 0 Å². The average molecular weight is 481 g/mol. The molecule has 1 aliphatic heterocycles. The SMILES string of the molecule is N#Cc1ccc(Nc2ncc(C#CCCCN3C(=O)c4ccccc4C3=O)c(NCCCO)n2)cc1. The predicted octanol–water partition coefficient (Wildman–Crippen LogP) is 3.31. The molecule has 0 fully saturated rings. The van der Waals surface area contributed by atoms with E-state index < -0.39 is 0 Å². The van der Waals surface area contributed by atoms with Gasteiger partial charge in [0.15, 0.2) is 0 Å². The summed E-state index contributed by atoms with van der Waals surface area (Å²) in [6.45, 7) is 0.859. The van der Waals surface area contributed by atoms with Crippen molar-refractivity contribution in [3.05, 3.63) is 77.0 Å². The van der Waals surface area contributed by atoms with Crippen LogP contribution in [0.25, 0.3) is 0 Å². The summed E-state index contributed by atoms with van der Waals surface area (Å²) in [5.41, 5.74) is 2.78. The van der Waals surface area contributed by atoms with Gasteiger partial charge in [-0.1, -0.05) is 24.0 Å². The molecule has 0 bridgehead atoms. The zero-order valence-electron chi connectivity index (χ0n) is 19.5. The Balaban J connectivity index is 1.39. The molecule has 0 atom stereocenters. The number of amides is 2. The normalized spacial score (nSPS) is 11.9. The molecule has 0 aliphatic carbocycles. The largest absolute Gasteiger partial charge is 0.396 e. The van der Waals surface area contributed by atoms with Crippen molar-refractivity contribution in [3.8, 4) is 17.9 Å². The third-order valence-electron chi connectivity index (χ3n) is 5.47. The first-order valence-corrected chi connectivity index (χ1v) is 11.5. The number of rotatable bonds is 9. The number of fused-ring (bicyclic) bond motifs is 1. The van der Waals surface area contributed by atoms with E-state index in [1.54, 1.807) is 54.7 Å². The Morgan fingerprint density at radius 1 is 1.00 bits per heavy atom. The zero-order chi connectivity index (χ0) is 25.3. The molecule has 1 aromatic heterocycles. The van der Waals surface area contributed by atoms with Gasteiger partial charge in [-0.05, 0) is 49.2 Å². The Morgan fingerprint density at radius 2 is 1.72 bits per heavy atom. The summed E-state index contributed by atoms with van der Waals surface area (Å²) in [4.78, 5) is 35.0. The average Bonchev–Trinajstić information content (AvgIpc) is 3.15. The van der Waals surface area contributed by atoms with Gasteiger partial charge in [0.05, 0.1) is 34.5 Å². The molecule has 4 rings (SSSR count). The fourth-order valence-electron chi connectivity index (χ4n) is 3.64. The number of aliphatic hydroxyl groups excluding tert-OH is 1. The van der Waals surface area contributed by atoms with Gasteiger partial charge in [0, 0.05) is 31.8 Å². The number of benzene rings is 2. The lowest BCUT2D eigenvalue weighted by molar-refractivity contribution is 0.0653. The molecular formula is C27H24N6O3. The highest BCUT2D eigenvalue weighted by Crippen LogP contribution is 2.23. The standard InChI is InChI=1S/C27H24N6O3/c28-17-19-10-12-21(13-11-19)31-27-30-18-20(24(32-27)29-14-6-16-34)7-2-1-5-15-33-25(35)22-8-3-4-9-23(22)26(33)36/h3-4,8-13,18,34H,1,5-6,14-16H2,(H2,29,30,31,32). The van der Waals surface area contributed by atoms with Crippen molar-refractivity contribution in [1.82, 2.24) is 14.9 Å². The number of imide groups is 1. The fourth-order valence-corrected chi connectivity index (χ4v) is 3.64. The molecule has 36 heavy (non-hydrogen) atoms. The number of nitrogens with zero attached hydrogens (tertiary/aromatic N) is 4. The third kappa shape index (κ3) is 5.66. The summed E-state index contributed by atoms with van der Waals surface area (Å²) in [5.74, 6) is 6.49. The minimum atomic E-state index is -0.266. The van der Waals surface area contributed by atoms with E-state index in [0.29, 0.717) is 66.4 Å². The molecule has 0 radical (unpaired) electrons. The van der Waals surface area contributed by atoms with Gasteiger partial charge in [-0.2, -0.15) is 10.2 Å². The Labute approximate surface area is 208 Å². The molecule has 2 heterocycles. The number of aliphatic hydroxyl groups is 1. The fraction of sp³-hybridized carbons (Fsp3) is 0.222. The maximum atomic E-state index is 12.5. The van der Waals surface area contributed by atoms with Crippen LogP contribution in [0.4, 0.5) is 17.5 Å². The van der Waals surface area contributed by atoms with Crippen molar-refractivity contribution in [2.75, 3.05) is 30.3 Å². The summed E-state index contributed by atoms with van der Waals surface area (Å²) < 4.78 is 0. The van der Waals surface area contributed by atoms with Gasteiger partial charge in [0.1, 0.15) is 5.82 Å². The van der Waals surface area contributed by atoms with Crippen LogP contribution in [0, 0.1) is 23.2 Å². The van der Waals surface area contributed by atoms with E-state index in [2.05, 4.69) is 38.5 Å². The lowest BCUT2D eigenvalue weighted by Gasteiger charge is -2.12. The minimum absolute atomic E-state index is 0.0489. The van der Waals surface area contributed by atoms with Crippen LogP contribution in [0.5, 0.6) is 0 Å². The maximum absolute atomic E-state index is 12.5. The second kappa shape index (κ2) is 11.6. The van der Waals surface area contributed by atoms with Gasteiger partial charge in [0.2, 0.25) is 5.95 Å². The first-order chi connectivity index (χ1) is 17.6. The number of hydrogen-bond donors (Lipinski definition) is 3. The van der Waals surface area contributed by atoms with Gasteiger partial charge in [-0.25, -0.2) is 4.98 Å². The quantitative estimate of drug-likeness (QED) is 0.242. The van der Waals surface area contributed by atoms with E-state index in [1.165, 1.54) is 4.90 Å². The van der Waals surface area contributed by atoms with Crippen molar-refractivity contribution in [2.45, 2.75) is 19.3 Å². The Bertz CT molecular complexity index is 1330. The van der Waals surface area contributed by atoms with Crippen molar-refractivity contribution in [3.63, 3.8) is 0 Å². The van der Waals surface area contributed by atoms with Crippen LogP contribution >= 0.6 is 0 Å². The van der Waals surface area contributed by atoms with E-state index in [-0.39, 0.29) is 18.4 Å². The van der Waals surface area contributed by atoms with E-state index in [4.69, 9.17) is 10.4 Å². The van der Waals surface area contributed by atoms with E-state index >= 15 is 0 Å². The highest BCUT2D eigenvalue weighted by Gasteiger charge is 2.34. The van der Waals surface area contributed by atoms with Crippen LogP contribution in [0.2, 0.25) is 0 Å². The lowest BCUT2D eigenvalue weighted by atomic mass is 10.1. The van der Waals surface area contributed by atoms with Crippen molar-refractivity contribution in [1.29, 1.82) is 5.26 Å². The molecule has 3 aromatic rings. The number of nitriles is 1. The number of carbonyl (C=O) groups excluding carboxylic acids is 2. The first kappa shape index (κ1) is 24.4. The van der Waals surface area contributed by atoms with Gasteiger partial charge in [-0.3, -0.25) is 14.5 Å². The molecule has 0 saturated heterocycles. The molecule has 9 heteroatoms. The number of unbranched alkanes of at least 4 members (excludes halogenated alkanes) is 1. The summed E-state index contributed by atoms with van der Waals surface area (Å²) in [7, 11) is 0. The second-order valence-electron chi connectivity index (χ2n) is 7.99. The van der Waals surface area contributed by atoms with E-state index in [9.17, 15) is 9.59 Å². The molecule has 0 spiro atoms. The zero-order valence-corrected chi connectivity index (χ0v) is 19.5.